The van der Waals surface area contributed by atoms with Gasteiger partial charge in [0.1, 0.15) is 0 Å². The minimum absolute atomic E-state index is 0.886. The Morgan fingerprint density at radius 1 is 1.00 bits per heavy atom. The zero-order valence-corrected chi connectivity index (χ0v) is 9.14. The summed E-state index contributed by atoms with van der Waals surface area (Å²) in [5.74, 6) is 1.77. The van der Waals surface area contributed by atoms with Crippen molar-refractivity contribution in [1.82, 2.24) is 0 Å². The standard InChI is InChI=1S/C12H24/c1-5-7-8-9-10-12(4)11(3)6-2/h7-8,11-12H,5-6,9-10H2,1-4H3/b8-7+. The molecule has 0 heteroatoms. The van der Waals surface area contributed by atoms with Crippen LogP contribution >= 0.6 is 0 Å². The van der Waals surface area contributed by atoms with Crippen molar-refractivity contribution in [3.05, 3.63) is 12.2 Å². The first-order valence-electron chi connectivity index (χ1n) is 5.37. The highest BCUT2D eigenvalue weighted by Gasteiger charge is 2.07. The molecule has 0 aliphatic carbocycles. The Labute approximate surface area is 78.1 Å². The predicted molar refractivity (Wildman–Crippen MR) is 57.3 cm³/mol. The lowest BCUT2D eigenvalue weighted by atomic mass is 9.90. The van der Waals surface area contributed by atoms with Gasteiger partial charge in [0.05, 0.1) is 0 Å². The quantitative estimate of drug-likeness (QED) is 0.515. The van der Waals surface area contributed by atoms with Gasteiger partial charge in [-0.3, -0.25) is 0 Å². The molecule has 0 aromatic heterocycles. The first-order valence-corrected chi connectivity index (χ1v) is 5.37. The lowest BCUT2D eigenvalue weighted by Crippen LogP contribution is -2.05. The third kappa shape index (κ3) is 5.40. The van der Waals surface area contributed by atoms with Crippen LogP contribution in [0.3, 0.4) is 0 Å². The highest BCUT2D eigenvalue weighted by molar-refractivity contribution is 4.80. The fourth-order valence-corrected chi connectivity index (χ4v) is 1.33. The minimum atomic E-state index is 0.886. The van der Waals surface area contributed by atoms with Crippen molar-refractivity contribution >= 4 is 0 Å². The monoisotopic (exact) mass is 168 g/mol. The average molecular weight is 168 g/mol. The van der Waals surface area contributed by atoms with Crippen molar-refractivity contribution < 1.29 is 0 Å². The first-order chi connectivity index (χ1) is 5.72. The average Bonchev–Trinajstić information content (AvgIpc) is 2.10. The molecule has 0 aliphatic rings. The van der Waals surface area contributed by atoms with Gasteiger partial charge in [-0.05, 0) is 31.1 Å². The van der Waals surface area contributed by atoms with Crippen molar-refractivity contribution in [2.45, 2.75) is 53.4 Å². The van der Waals surface area contributed by atoms with E-state index in [1.165, 1.54) is 25.7 Å². The summed E-state index contributed by atoms with van der Waals surface area (Å²) in [7, 11) is 0. The van der Waals surface area contributed by atoms with Gasteiger partial charge < -0.3 is 0 Å². The smallest absolute Gasteiger partial charge is 0.0348 e. The fourth-order valence-electron chi connectivity index (χ4n) is 1.33. The van der Waals surface area contributed by atoms with Crippen LogP contribution in [0.4, 0.5) is 0 Å². The van der Waals surface area contributed by atoms with E-state index in [9.17, 15) is 0 Å². The fraction of sp³-hybridized carbons (Fsp3) is 0.833. The Morgan fingerprint density at radius 3 is 2.17 bits per heavy atom. The molecule has 72 valence electrons. The summed E-state index contributed by atoms with van der Waals surface area (Å²) in [5, 5.41) is 0. The summed E-state index contributed by atoms with van der Waals surface area (Å²) in [6.07, 6.45) is 9.70. The predicted octanol–water partition coefficient (Wildman–Crippen LogP) is 4.42. The molecule has 0 radical (unpaired) electrons. The molecule has 0 heterocycles. The molecule has 0 fully saturated rings. The second kappa shape index (κ2) is 7.39. The van der Waals surface area contributed by atoms with Crippen molar-refractivity contribution in [1.29, 1.82) is 0 Å². The molecule has 2 atom stereocenters. The van der Waals surface area contributed by atoms with E-state index in [0.717, 1.165) is 11.8 Å². The van der Waals surface area contributed by atoms with Gasteiger partial charge in [-0.2, -0.15) is 0 Å². The third-order valence-corrected chi connectivity index (χ3v) is 2.81. The van der Waals surface area contributed by atoms with Crippen LogP contribution in [0, 0.1) is 11.8 Å². The van der Waals surface area contributed by atoms with Gasteiger partial charge in [0.15, 0.2) is 0 Å². The van der Waals surface area contributed by atoms with Crippen LogP contribution in [0.2, 0.25) is 0 Å². The van der Waals surface area contributed by atoms with Crippen molar-refractivity contribution in [3.63, 3.8) is 0 Å². The lowest BCUT2D eigenvalue weighted by molar-refractivity contribution is 0.357. The molecule has 2 unspecified atom stereocenters. The summed E-state index contributed by atoms with van der Waals surface area (Å²) in [4.78, 5) is 0. The van der Waals surface area contributed by atoms with Crippen LogP contribution < -0.4 is 0 Å². The van der Waals surface area contributed by atoms with E-state index >= 15 is 0 Å². The van der Waals surface area contributed by atoms with E-state index in [-0.39, 0.29) is 0 Å². The topological polar surface area (TPSA) is 0 Å². The van der Waals surface area contributed by atoms with Crippen LogP contribution in [0.15, 0.2) is 12.2 Å². The second-order valence-corrected chi connectivity index (χ2v) is 3.82. The molecule has 0 aliphatic heterocycles. The maximum Gasteiger partial charge on any atom is -0.0348 e. The summed E-state index contributed by atoms with van der Waals surface area (Å²) in [6, 6.07) is 0. The number of hydrogen-bond donors (Lipinski definition) is 0. The molecule has 0 saturated carbocycles. The molecule has 0 N–H and O–H groups in total. The molecule has 0 nitrogen and oxygen atoms in total. The minimum Gasteiger partial charge on any atom is -0.0888 e. The van der Waals surface area contributed by atoms with Crippen LogP contribution in [-0.2, 0) is 0 Å². The normalized spacial score (nSPS) is 16.7. The molecular weight excluding hydrogens is 144 g/mol. The third-order valence-electron chi connectivity index (χ3n) is 2.81. The molecular formula is C12H24. The van der Waals surface area contributed by atoms with Gasteiger partial charge >= 0.3 is 0 Å². The Balaban J connectivity index is 3.43. The Kier molecular flexibility index (Phi) is 7.23. The van der Waals surface area contributed by atoms with E-state index in [4.69, 9.17) is 0 Å². The Bertz CT molecular complexity index is 113. The van der Waals surface area contributed by atoms with Crippen LogP contribution in [-0.4, -0.2) is 0 Å². The molecule has 0 saturated heterocycles. The van der Waals surface area contributed by atoms with E-state index < -0.39 is 0 Å². The summed E-state index contributed by atoms with van der Waals surface area (Å²) in [5.41, 5.74) is 0. The van der Waals surface area contributed by atoms with Gasteiger partial charge in [0.25, 0.3) is 0 Å². The largest absolute Gasteiger partial charge is 0.0888 e. The molecule has 0 aromatic carbocycles. The van der Waals surface area contributed by atoms with Gasteiger partial charge in [0.2, 0.25) is 0 Å². The molecule has 12 heavy (non-hydrogen) atoms. The maximum absolute atomic E-state index is 2.37. The van der Waals surface area contributed by atoms with E-state index in [0.29, 0.717) is 0 Å². The molecule has 0 rings (SSSR count). The highest BCUT2D eigenvalue weighted by Crippen LogP contribution is 2.19. The molecule has 0 amide bonds. The highest BCUT2D eigenvalue weighted by atomic mass is 14.1. The summed E-state index contributed by atoms with van der Waals surface area (Å²) >= 11 is 0. The number of rotatable bonds is 6. The SMILES string of the molecule is CC/C=C/CCC(C)C(C)CC. The van der Waals surface area contributed by atoms with E-state index in [2.05, 4.69) is 39.8 Å². The van der Waals surface area contributed by atoms with Gasteiger partial charge in [-0.25, -0.2) is 0 Å². The van der Waals surface area contributed by atoms with Crippen LogP contribution in [0.5, 0.6) is 0 Å². The first kappa shape index (κ1) is 11.7. The van der Waals surface area contributed by atoms with Crippen molar-refractivity contribution in [2.75, 3.05) is 0 Å². The van der Waals surface area contributed by atoms with Crippen molar-refractivity contribution in [3.8, 4) is 0 Å². The van der Waals surface area contributed by atoms with Gasteiger partial charge in [-0.1, -0.05) is 46.3 Å². The number of hydrogen-bond acceptors (Lipinski definition) is 0. The zero-order chi connectivity index (χ0) is 9.40. The van der Waals surface area contributed by atoms with E-state index in [1.54, 1.807) is 0 Å². The molecule has 0 bridgehead atoms. The van der Waals surface area contributed by atoms with Crippen LogP contribution in [0.1, 0.15) is 53.4 Å². The zero-order valence-electron chi connectivity index (χ0n) is 9.14. The van der Waals surface area contributed by atoms with Crippen LogP contribution in [0.25, 0.3) is 0 Å². The Hall–Kier alpha value is -0.260. The van der Waals surface area contributed by atoms with Gasteiger partial charge in [-0.15, -0.1) is 0 Å². The summed E-state index contributed by atoms with van der Waals surface area (Å²) in [6.45, 7) is 9.19. The second-order valence-electron chi connectivity index (χ2n) is 3.82. The number of allylic oxidation sites excluding steroid dienone is 2. The molecule has 0 aromatic rings. The summed E-state index contributed by atoms with van der Waals surface area (Å²) < 4.78 is 0. The maximum atomic E-state index is 2.37. The lowest BCUT2D eigenvalue weighted by Gasteiger charge is -2.16. The molecule has 0 spiro atoms. The van der Waals surface area contributed by atoms with E-state index in [1.807, 2.05) is 0 Å². The Morgan fingerprint density at radius 2 is 1.67 bits per heavy atom. The van der Waals surface area contributed by atoms with Crippen molar-refractivity contribution in [2.24, 2.45) is 11.8 Å². The van der Waals surface area contributed by atoms with Gasteiger partial charge in [0, 0.05) is 0 Å².